The molecule has 2 aliphatic rings. The van der Waals surface area contributed by atoms with Gasteiger partial charge in [-0.2, -0.15) is 0 Å². The Kier molecular flexibility index (Phi) is 3.59. The van der Waals surface area contributed by atoms with Crippen LogP contribution in [0.1, 0.15) is 31.4 Å². The van der Waals surface area contributed by atoms with Crippen molar-refractivity contribution in [2.45, 2.75) is 32.4 Å². The van der Waals surface area contributed by atoms with Crippen LogP contribution in [-0.2, 0) is 6.67 Å². The summed E-state index contributed by atoms with van der Waals surface area (Å²) in [4.78, 5) is 2.47. The van der Waals surface area contributed by atoms with Gasteiger partial charge in [0, 0.05) is 29.5 Å². The van der Waals surface area contributed by atoms with Gasteiger partial charge in [-0.25, -0.2) is 0 Å². The first-order valence-electron chi connectivity index (χ1n) is 6.76. The normalized spacial score (nSPS) is 17.3. The molecular formula is C15H19BrN2. The third kappa shape index (κ3) is 2.16. The smallest absolute Gasteiger partial charge is 0.0949 e. The van der Waals surface area contributed by atoms with E-state index in [0.29, 0.717) is 0 Å². The standard InChI is InChI=1S/C15H19BrN2/c16-9-3-1-2-6-13-14-7-4-10-17(14)12-18-11-5-8-15(13)18/h4-5,7-8,10H,1-3,6,9,11-12H2. The summed E-state index contributed by atoms with van der Waals surface area (Å²) < 4.78 is 2.37. The lowest BCUT2D eigenvalue weighted by molar-refractivity contribution is 0.315. The van der Waals surface area contributed by atoms with Crippen molar-refractivity contribution < 1.29 is 0 Å². The summed E-state index contributed by atoms with van der Waals surface area (Å²) in [6.07, 6.45) is 11.9. The van der Waals surface area contributed by atoms with Crippen molar-refractivity contribution in [1.82, 2.24) is 9.47 Å². The lowest BCUT2D eigenvalue weighted by Gasteiger charge is -2.30. The zero-order valence-corrected chi connectivity index (χ0v) is 12.2. The van der Waals surface area contributed by atoms with Crippen molar-refractivity contribution in [3.63, 3.8) is 0 Å². The molecule has 3 heterocycles. The Morgan fingerprint density at radius 1 is 1.22 bits per heavy atom. The van der Waals surface area contributed by atoms with Crippen LogP contribution in [0, 0.1) is 0 Å². The van der Waals surface area contributed by atoms with Gasteiger partial charge < -0.3 is 9.47 Å². The van der Waals surface area contributed by atoms with Crippen LogP contribution in [0.15, 0.2) is 36.2 Å². The number of hydrogen-bond acceptors (Lipinski definition) is 1. The van der Waals surface area contributed by atoms with Gasteiger partial charge in [0.15, 0.2) is 0 Å². The summed E-state index contributed by atoms with van der Waals surface area (Å²) in [5, 5.41) is 1.13. The molecule has 0 aromatic carbocycles. The molecule has 0 amide bonds. The molecule has 1 aromatic heterocycles. The first kappa shape index (κ1) is 12.1. The van der Waals surface area contributed by atoms with Crippen molar-refractivity contribution in [1.29, 1.82) is 0 Å². The predicted molar refractivity (Wildman–Crippen MR) is 79.5 cm³/mol. The van der Waals surface area contributed by atoms with Crippen molar-refractivity contribution in [2.24, 2.45) is 0 Å². The zero-order valence-electron chi connectivity index (χ0n) is 10.6. The molecule has 0 bridgehead atoms. The number of hydrogen-bond donors (Lipinski definition) is 0. The summed E-state index contributed by atoms with van der Waals surface area (Å²) in [6.45, 7) is 2.08. The molecule has 0 saturated heterocycles. The Balaban J connectivity index is 1.81. The van der Waals surface area contributed by atoms with Crippen LogP contribution in [0.4, 0.5) is 0 Å². The third-order valence-electron chi connectivity index (χ3n) is 3.77. The number of aromatic nitrogens is 1. The number of alkyl halides is 1. The topological polar surface area (TPSA) is 8.17 Å². The lowest BCUT2D eigenvalue weighted by atomic mass is 10.0. The van der Waals surface area contributed by atoms with E-state index in [2.05, 4.69) is 55.9 Å². The number of unbranched alkanes of at least 4 members (excludes halogenated alkanes) is 2. The van der Waals surface area contributed by atoms with Gasteiger partial charge in [-0.3, -0.25) is 0 Å². The van der Waals surface area contributed by atoms with Gasteiger partial charge in [0.2, 0.25) is 0 Å². The minimum absolute atomic E-state index is 1.01. The first-order chi connectivity index (χ1) is 8.90. The fraction of sp³-hybridized carbons (Fsp3) is 0.467. The number of halogens is 1. The van der Waals surface area contributed by atoms with Gasteiger partial charge in [0.05, 0.1) is 6.67 Å². The van der Waals surface area contributed by atoms with Crippen molar-refractivity contribution in [3.8, 4) is 0 Å². The number of fused-ring (bicyclic) bond motifs is 2. The average molecular weight is 307 g/mol. The molecule has 0 N–H and O–H groups in total. The molecule has 0 unspecified atom stereocenters. The molecular weight excluding hydrogens is 288 g/mol. The molecule has 0 saturated carbocycles. The van der Waals surface area contributed by atoms with E-state index < -0.39 is 0 Å². The molecule has 3 heteroatoms. The lowest BCUT2D eigenvalue weighted by Crippen LogP contribution is -2.27. The van der Waals surface area contributed by atoms with E-state index in [9.17, 15) is 0 Å². The van der Waals surface area contributed by atoms with Gasteiger partial charge in [-0.05, 0) is 43.0 Å². The Morgan fingerprint density at radius 3 is 3.06 bits per heavy atom. The van der Waals surface area contributed by atoms with Gasteiger partial charge >= 0.3 is 0 Å². The molecule has 0 spiro atoms. The monoisotopic (exact) mass is 306 g/mol. The van der Waals surface area contributed by atoms with E-state index in [4.69, 9.17) is 0 Å². The SMILES string of the molecule is BrCCCCCC1=C2C=CCN2Cn2cccc21. The highest BCUT2D eigenvalue weighted by Gasteiger charge is 2.24. The highest BCUT2D eigenvalue weighted by Crippen LogP contribution is 2.34. The van der Waals surface area contributed by atoms with Crippen LogP contribution in [0.25, 0.3) is 5.57 Å². The molecule has 0 aliphatic carbocycles. The maximum absolute atomic E-state index is 3.50. The van der Waals surface area contributed by atoms with E-state index in [1.165, 1.54) is 42.6 Å². The second-order valence-corrected chi connectivity index (χ2v) is 5.79. The van der Waals surface area contributed by atoms with Crippen molar-refractivity contribution in [3.05, 3.63) is 41.9 Å². The molecule has 0 radical (unpaired) electrons. The van der Waals surface area contributed by atoms with Crippen LogP contribution < -0.4 is 0 Å². The Labute approximate surface area is 117 Å². The maximum atomic E-state index is 3.50. The number of allylic oxidation sites excluding steroid dienone is 2. The summed E-state index contributed by atoms with van der Waals surface area (Å²) in [6, 6.07) is 4.43. The number of rotatable bonds is 5. The Morgan fingerprint density at radius 2 is 2.17 bits per heavy atom. The van der Waals surface area contributed by atoms with E-state index in [0.717, 1.165) is 18.5 Å². The minimum Gasteiger partial charge on any atom is -0.349 e. The first-order valence-corrected chi connectivity index (χ1v) is 7.88. The van der Waals surface area contributed by atoms with Crippen molar-refractivity contribution in [2.75, 3.05) is 11.9 Å². The summed E-state index contributed by atoms with van der Waals surface area (Å²) in [5.74, 6) is 0. The maximum Gasteiger partial charge on any atom is 0.0949 e. The van der Waals surface area contributed by atoms with Crippen LogP contribution in [0.2, 0.25) is 0 Å². The summed E-state index contributed by atoms with van der Waals surface area (Å²) in [5.41, 5.74) is 4.42. The highest BCUT2D eigenvalue weighted by atomic mass is 79.9. The van der Waals surface area contributed by atoms with Crippen LogP contribution in [-0.4, -0.2) is 21.3 Å². The van der Waals surface area contributed by atoms with Gasteiger partial charge in [0.1, 0.15) is 0 Å². The molecule has 0 atom stereocenters. The Hall–Kier alpha value is -0.960. The van der Waals surface area contributed by atoms with E-state index in [1.54, 1.807) is 0 Å². The minimum atomic E-state index is 1.01. The van der Waals surface area contributed by atoms with E-state index in [-0.39, 0.29) is 0 Å². The zero-order chi connectivity index (χ0) is 12.4. The van der Waals surface area contributed by atoms with Gasteiger partial charge in [0.25, 0.3) is 0 Å². The average Bonchev–Trinajstić information content (AvgIpc) is 3.01. The van der Waals surface area contributed by atoms with E-state index in [1.807, 2.05) is 0 Å². The Bertz CT molecular complexity index is 484. The third-order valence-corrected chi connectivity index (χ3v) is 4.33. The summed E-state index contributed by atoms with van der Waals surface area (Å²) in [7, 11) is 0. The number of nitrogens with zero attached hydrogens (tertiary/aromatic N) is 2. The fourth-order valence-corrected chi connectivity index (χ4v) is 3.27. The molecule has 2 nitrogen and oxygen atoms in total. The van der Waals surface area contributed by atoms with Crippen molar-refractivity contribution >= 4 is 21.5 Å². The largest absolute Gasteiger partial charge is 0.349 e. The highest BCUT2D eigenvalue weighted by molar-refractivity contribution is 9.09. The molecule has 1 aromatic rings. The molecule has 96 valence electrons. The second-order valence-electron chi connectivity index (χ2n) is 4.99. The molecule has 3 rings (SSSR count). The van der Waals surface area contributed by atoms with Crippen LogP contribution in [0.3, 0.4) is 0 Å². The van der Waals surface area contributed by atoms with Crippen LogP contribution >= 0.6 is 15.9 Å². The molecule has 18 heavy (non-hydrogen) atoms. The second kappa shape index (κ2) is 5.35. The summed E-state index contributed by atoms with van der Waals surface area (Å²) >= 11 is 3.50. The van der Waals surface area contributed by atoms with Gasteiger partial charge in [-0.15, -0.1) is 0 Å². The fourth-order valence-electron chi connectivity index (χ4n) is 2.88. The van der Waals surface area contributed by atoms with Gasteiger partial charge in [-0.1, -0.05) is 28.4 Å². The molecule has 2 aliphatic heterocycles. The predicted octanol–water partition coefficient (Wildman–Crippen LogP) is 4.00. The molecule has 0 fully saturated rings. The van der Waals surface area contributed by atoms with Crippen LogP contribution in [0.5, 0.6) is 0 Å². The quantitative estimate of drug-likeness (QED) is 0.590. The van der Waals surface area contributed by atoms with E-state index >= 15 is 0 Å².